The fourth-order valence-corrected chi connectivity index (χ4v) is 1.40. The fraction of sp³-hybridized carbons (Fsp3) is 0.417. The Kier molecular flexibility index (Phi) is 4.72. The summed E-state index contributed by atoms with van der Waals surface area (Å²) in [5.74, 6) is -0.409. The van der Waals surface area contributed by atoms with Crippen LogP contribution < -0.4 is 5.32 Å². The van der Waals surface area contributed by atoms with E-state index in [-0.39, 0.29) is 16.4 Å². The second-order valence-electron chi connectivity index (χ2n) is 4.67. The van der Waals surface area contributed by atoms with Crippen LogP contribution in [0.25, 0.3) is 0 Å². The molecule has 1 rings (SSSR count). The maximum absolute atomic E-state index is 11.5. The van der Waals surface area contributed by atoms with Gasteiger partial charge in [-0.2, -0.15) is 0 Å². The highest BCUT2D eigenvalue weighted by molar-refractivity contribution is 6.33. The monoisotopic (exact) mass is 286 g/mol. The van der Waals surface area contributed by atoms with Gasteiger partial charge in [-0.1, -0.05) is 11.6 Å². The first-order valence-electron chi connectivity index (χ1n) is 5.47. The molecule has 104 valence electrons. The summed E-state index contributed by atoms with van der Waals surface area (Å²) in [6.07, 6.45) is 0.572. The van der Waals surface area contributed by atoms with E-state index in [0.29, 0.717) is 0 Å². The molecule has 1 heterocycles. The van der Waals surface area contributed by atoms with Crippen LogP contribution in [0.1, 0.15) is 31.1 Å². The van der Waals surface area contributed by atoms with Crippen molar-refractivity contribution >= 4 is 29.5 Å². The highest BCUT2D eigenvalue weighted by atomic mass is 35.5. The summed E-state index contributed by atoms with van der Waals surface area (Å²) in [5, 5.41) is 2.55. The zero-order valence-electron chi connectivity index (χ0n) is 11.1. The smallest absolute Gasteiger partial charge is 0.413 e. The number of hydrogen-bond donors (Lipinski definition) is 1. The van der Waals surface area contributed by atoms with Gasteiger partial charge >= 0.3 is 12.1 Å². The summed E-state index contributed by atoms with van der Waals surface area (Å²) in [5.41, 5.74) is -0.487. The number of ether oxygens (including phenoxy) is 2. The van der Waals surface area contributed by atoms with E-state index in [1.165, 1.54) is 19.4 Å². The van der Waals surface area contributed by atoms with E-state index >= 15 is 0 Å². The number of carbonyl (C=O) groups excluding carboxylic acids is 2. The van der Waals surface area contributed by atoms with Gasteiger partial charge in [-0.25, -0.2) is 14.6 Å². The molecule has 1 aromatic heterocycles. The number of anilines is 1. The molecule has 6 nitrogen and oxygen atoms in total. The van der Waals surface area contributed by atoms with Gasteiger partial charge in [0.15, 0.2) is 0 Å². The van der Waals surface area contributed by atoms with Crippen LogP contribution in [0.3, 0.4) is 0 Å². The molecule has 19 heavy (non-hydrogen) atoms. The molecule has 0 aliphatic carbocycles. The maximum atomic E-state index is 11.5. The molecule has 0 fully saturated rings. The molecule has 7 heteroatoms. The lowest BCUT2D eigenvalue weighted by Crippen LogP contribution is -2.27. The molecule has 0 atom stereocenters. The van der Waals surface area contributed by atoms with E-state index in [2.05, 4.69) is 15.0 Å². The van der Waals surface area contributed by atoms with Crippen molar-refractivity contribution < 1.29 is 19.1 Å². The minimum absolute atomic E-state index is 0.124. The van der Waals surface area contributed by atoms with Gasteiger partial charge < -0.3 is 9.47 Å². The molecule has 1 N–H and O–H groups in total. The molecule has 0 aliphatic rings. The maximum Gasteiger partial charge on any atom is 0.413 e. The summed E-state index contributed by atoms with van der Waals surface area (Å²) < 4.78 is 9.58. The first kappa shape index (κ1) is 15.2. The van der Waals surface area contributed by atoms with Gasteiger partial charge in [-0.15, -0.1) is 0 Å². The van der Waals surface area contributed by atoms with E-state index in [1.54, 1.807) is 20.8 Å². The van der Waals surface area contributed by atoms with Crippen LogP contribution in [0.4, 0.5) is 10.6 Å². The fourth-order valence-electron chi connectivity index (χ4n) is 1.17. The van der Waals surface area contributed by atoms with Gasteiger partial charge in [-0.05, 0) is 20.8 Å². The van der Waals surface area contributed by atoms with Gasteiger partial charge in [0.25, 0.3) is 0 Å². The van der Waals surface area contributed by atoms with E-state index in [0.717, 1.165) is 0 Å². The summed E-state index contributed by atoms with van der Waals surface area (Å²) >= 11 is 5.89. The first-order chi connectivity index (χ1) is 8.73. The van der Waals surface area contributed by atoms with Crippen molar-refractivity contribution in [1.29, 1.82) is 0 Å². The lowest BCUT2D eigenvalue weighted by atomic mass is 10.2. The molecule has 0 bridgehead atoms. The second kappa shape index (κ2) is 5.88. The molecule has 0 saturated carbocycles. The summed E-state index contributed by atoms with van der Waals surface area (Å²) in [4.78, 5) is 26.7. The lowest BCUT2D eigenvalue weighted by molar-refractivity contribution is 0.0599. The number of hydrogen-bond acceptors (Lipinski definition) is 5. The average molecular weight is 287 g/mol. The normalized spacial score (nSPS) is 10.8. The SMILES string of the molecule is COC(=O)c1cnc(NC(=O)OC(C)(C)C)cc1Cl. The van der Waals surface area contributed by atoms with Gasteiger partial charge in [0.1, 0.15) is 11.4 Å². The van der Waals surface area contributed by atoms with Gasteiger partial charge in [0.05, 0.1) is 17.7 Å². The highest BCUT2D eigenvalue weighted by Crippen LogP contribution is 2.19. The van der Waals surface area contributed by atoms with Crippen molar-refractivity contribution in [2.45, 2.75) is 26.4 Å². The Balaban J connectivity index is 2.79. The summed E-state index contributed by atoms with van der Waals surface area (Å²) in [7, 11) is 1.24. The van der Waals surface area contributed by atoms with Crippen molar-refractivity contribution in [2.75, 3.05) is 12.4 Å². The highest BCUT2D eigenvalue weighted by Gasteiger charge is 2.18. The number of amides is 1. The van der Waals surface area contributed by atoms with Crippen LogP contribution in [0.5, 0.6) is 0 Å². The Labute approximate surface area is 116 Å². The van der Waals surface area contributed by atoms with Crippen molar-refractivity contribution in [1.82, 2.24) is 4.98 Å². The van der Waals surface area contributed by atoms with Gasteiger partial charge in [-0.3, -0.25) is 5.32 Å². The number of esters is 1. The predicted octanol–water partition coefficient (Wildman–Crippen LogP) is 2.87. The van der Waals surface area contributed by atoms with Crippen LogP contribution in [-0.4, -0.2) is 29.8 Å². The largest absolute Gasteiger partial charge is 0.465 e. The number of halogens is 1. The zero-order valence-corrected chi connectivity index (χ0v) is 11.9. The molecule has 0 radical (unpaired) electrons. The van der Waals surface area contributed by atoms with E-state index < -0.39 is 17.7 Å². The van der Waals surface area contributed by atoms with Crippen molar-refractivity contribution in [3.05, 3.63) is 22.8 Å². The Hall–Kier alpha value is -1.82. The second-order valence-corrected chi connectivity index (χ2v) is 5.08. The van der Waals surface area contributed by atoms with Crippen LogP contribution in [0.2, 0.25) is 5.02 Å². The predicted molar refractivity (Wildman–Crippen MR) is 70.4 cm³/mol. The lowest BCUT2D eigenvalue weighted by Gasteiger charge is -2.19. The summed E-state index contributed by atoms with van der Waals surface area (Å²) in [6, 6.07) is 1.34. The van der Waals surface area contributed by atoms with E-state index in [1.807, 2.05) is 0 Å². The Morgan fingerprint density at radius 2 is 2.00 bits per heavy atom. The van der Waals surface area contributed by atoms with Crippen molar-refractivity contribution in [2.24, 2.45) is 0 Å². The number of carbonyl (C=O) groups is 2. The standard InChI is InChI=1S/C12H15ClN2O4/c1-12(2,3)19-11(17)15-9-5-8(13)7(6-14-9)10(16)18-4/h5-6H,1-4H3,(H,14,15,17). The number of rotatable bonds is 2. The third kappa shape index (κ3) is 4.75. The third-order valence-electron chi connectivity index (χ3n) is 1.89. The first-order valence-corrected chi connectivity index (χ1v) is 5.84. The van der Waals surface area contributed by atoms with Crippen molar-refractivity contribution in [3.63, 3.8) is 0 Å². The minimum atomic E-state index is -0.651. The topological polar surface area (TPSA) is 77.5 Å². The Morgan fingerprint density at radius 1 is 1.37 bits per heavy atom. The van der Waals surface area contributed by atoms with Gasteiger partial charge in [0, 0.05) is 12.3 Å². The molecule has 0 aliphatic heterocycles. The number of methoxy groups -OCH3 is 1. The Bertz CT molecular complexity index is 497. The summed E-state index contributed by atoms with van der Waals surface area (Å²) in [6.45, 7) is 5.23. The average Bonchev–Trinajstić information content (AvgIpc) is 2.25. The number of aromatic nitrogens is 1. The molecule has 0 spiro atoms. The molecule has 1 aromatic rings. The molecule has 0 saturated heterocycles. The molecule has 0 unspecified atom stereocenters. The third-order valence-corrected chi connectivity index (χ3v) is 2.20. The van der Waals surface area contributed by atoms with E-state index in [4.69, 9.17) is 16.3 Å². The van der Waals surface area contributed by atoms with Crippen molar-refractivity contribution in [3.8, 4) is 0 Å². The zero-order chi connectivity index (χ0) is 14.6. The van der Waals surface area contributed by atoms with E-state index in [9.17, 15) is 9.59 Å². The minimum Gasteiger partial charge on any atom is -0.465 e. The molecular weight excluding hydrogens is 272 g/mol. The van der Waals surface area contributed by atoms with Crippen LogP contribution >= 0.6 is 11.6 Å². The molecule has 0 aromatic carbocycles. The number of nitrogens with one attached hydrogen (secondary N) is 1. The van der Waals surface area contributed by atoms with Crippen LogP contribution in [0.15, 0.2) is 12.3 Å². The number of nitrogens with zero attached hydrogens (tertiary/aromatic N) is 1. The molecule has 1 amide bonds. The Morgan fingerprint density at radius 3 is 2.47 bits per heavy atom. The number of pyridine rings is 1. The molecular formula is C12H15ClN2O4. The van der Waals surface area contributed by atoms with Crippen LogP contribution in [-0.2, 0) is 9.47 Å². The quantitative estimate of drug-likeness (QED) is 0.846. The van der Waals surface area contributed by atoms with Gasteiger partial charge in [0.2, 0.25) is 0 Å². The van der Waals surface area contributed by atoms with Crippen LogP contribution in [0, 0.1) is 0 Å².